The lowest BCUT2D eigenvalue weighted by molar-refractivity contribution is 0.721. The predicted molar refractivity (Wildman–Crippen MR) is 33.6 cm³/mol. The van der Waals surface area contributed by atoms with E-state index in [1.165, 1.54) is 12.2 Å². The van der Waals surface area contributed by atoms with Crippen LogP contribution in [0.3, 0.4) is 0 Å². The fourth-order valence-corrected chi connectivity index (χ4v) is 0.228. The second-order valence-electron chi connectivity index (χ2n) is 1.28. The summed E-state index contributed by atoms with van der Waals surface area (Å²) in [6.07, 6.45) is 3.26. The first-order chi connectivity index (χ1) is 3.81. The summed E-state index contributed by atoms with van der Waals surface area (Å²) < 4.78 is 11.2. The zero-order valence-corrected chi connectivity index (χ0v) is 4.76. The molecule has 0 aromatic carbocycles. The number of rotatable bonds is 2. The van der Waals surface area contributed by atoms with Crippen molar-refractivity contribution in [3.05, 3.63) is 24.2 Å². The van der Waals surface area contributed by atoms with Gasteiger partial charge in [-0.3, -0.25) is 4.99 Å². The number of halogens is 1. The lowest BCUT2D eigenvalue weighted by atomic mass is 10.4. The molecular weight excluding hydrogens is 105 g/mol. The highest BCUT2D eigenvalue weighted by atomic mass is 19.1. The Bertz CT molecular complexity index is 124. The molecule has 0 aromatic heterocycles. The van der Waals surface area contributed by atoms with Gasteiger partial charge in [-0.15, -0.1) is 0 Å². The van der Waals surface area contributed by atoms with Gasteiger partial charge in [-0.1, -0.05) is 0 Å². The molecule has 0 heterocycles. The van der Waals surface area contributed by atoms with Crippen molar-refractivity contribution in [3.8, 4) is 0 Å². The first-order valence-electron chi connectivity index (χ1n) is 2.21. The molecule has 0 atom stereocenters. The third-order valence-corrected chi connectivity index (χ3v) is 0.660. The van der Waals surface area contributed by atoms with E-state index in [1.807, 2.05) is 0 Å². The van der Waals surface area contributed by atoms with Gasteiger partial charge in [0.25, 0.3) is 0 Å². The van der Waals surface area contributed by atoms with Gasteiger partial charge < -0.3 is 0 Å². The zero-order valence-electron chi connectivity index (χ0n) is 4.76. The van der Waals surface area contributed by atoms with Crippen LogP contribution in [0, 0.1) is 0 Å². The van der Waals surface area contributed by atoms with Crippen LogP contribution in [0.1, 0.15) is 6.92 Å². The molecular formula is C6H8FN. The average Bonchev–Trinajstić information content (AvgIpc) is 1.83. The standard InChI is InChI=1S/C6H8FN/c1-6(8-2)4-3-5-7/h3-5H,2H2,1H3/b5-3+,6-4-. The Labute approximate surface area is 48.2 Å². The molecule has 0 aromatic rings. The summed E-state index contributed by atoms with van der Waals surface area (Å²) in [6.45, 7) is 4.98. The van der Waals surface area contributed by atoms with Crippen LogP contribution in [0.15, 0.2) is 29.2 Å². The van der Waals surface area contributed by atoms with Crippen LogP contribution < -0.4 is 0 Å². The fourth-order valence-electron chi connectivity index (χ4n) is 0.228. The molecule has 0 bridgehead atoms. The molecule has 2 heteroatoms. The van der Waals surface area contributed by atoms with E-state index < -0.39 is 0 Å². The molecule has 0 aliphatic carbocycles. The minimum absolute atomic E-state index is 0.453. The Kier molecular flexibility index (Phi) is 3.76. The van der Waals surface area contributed by atoms with Gasteiger partial charge in [0, 0.05) is 5.70 Å². The highest BCUT2D eigenvalue weighted by molar-refractivity contribution is 5.29. The van der Waals surface area contributed by atoms with Gasteiger partial charge in [0.15, 0.2) is 0 Å². The molecule has 0 rings (SSSR count). The van der Waals surface area contributed by atoms with E-state index in [9.17, 15) is 4.39 Å². The van der Waals surface area contributed by atoms with Gasteiger partial charge in [0.2, 0.25) is 0 Å². The average molecular weight is 113 g/mol. The largest absolute Gasteiger partial charge is 0.269 e. The summed E-state index contributed by atoms with van der Waals surface area (Å²) in [5.41, 5.74) is 0.707. The zero-order chi connectivity index (χ0) is 6.41. The lowest BCUT2D eigenvalue weighted by Crippen LogP contribution is -1.61. The van der Waals surface area contributed by atoms with Gasteiger partial charge in [-0.05, 0) is 25.8 Å². The van der Waals surface area contributed by atoms with Crippen molar-refractivity contribution in [1.82, 2.24) is 0 Å². The summed E-state index contributed by atoms with van der Waals surface area (Å²) in [7, 11) is 0. The highest BCUT2D eigenvalue weighted by Gasteiger charge is 1.72. The van der Waals surface area contributed by atoms with E-state index in [-0.39, 0.29) is 0 Å². The van der Waals surface area contributed by atoms with Gasteiger partial charge in [-0.25, -0.2) is 4.39 Å². The van der Waals surface area contributed by atoms with E-state index in [4.69, 9.17) is 0 Å². The monoisotopic (exact) mass is 113 g/mol. The van der Waals surface area contributed by atoms with E-state index in [0.717, 1.165) is 0 Å². The Balaban J connectivity index is 3.74. The van der Waals surface area contributed by atoms with Crippen LogP contribution >= 0.6 is 0 Å². The van der Waals surface area contributed by atoms with Crippen molar-refractivity contribution in [2.45, 2.75) is 6.92 Å². The van der Waals surface area contributed by atoms with Crippen LogP contribution in [-0.2, 0) is 0 Å². The Morgan fingerprint density at radius 1 is 1.75 bits per heavy atom. The Morgan fingerprint density at radius 2 is 2.38 bits per heavy atom. The molecule has 8 heavy (non-hydrogen) atoms. The second kappa shape index (κ2) is 4.24. The SMILES string of the molecule is C=N/C(C)=C\C=C\F. The maximum absolute atomic E-state index is 11.2. The predicted octanol–water partition coefficient (Wildman–Crippen LogP) is 2.07. The van der Waals surface area contributed by atoms with Gasteiger partial charge in [-0.2, -0.15) is 0 Å². The van der Waals surface area contributed by atoms with Crippen LogP contribution in [-0.4, -0.2) is 6.72 Å². The van der Waals surface area contributed by atoms with Crippen molar-refractivity contribution in [3.63, 3.8) is 0 Å². The highest BCUT2D eigenvalue weighted by Crippen LogP contribution is 1.91. The van der Waals surface area contributed by atoms with E-state index in [1.54, 1.807) is 6.92 Å². The molecule has 0 saturated carbocycles. The third kappa shape index (κ3) is 3.28. The van der Waals surface area contributed by atoms with Crippen LogP contribution in [0.5, 0.6) is 0 Å². The van der Waals surface area contributed by atoms with Crippen molar-refractivity contribution in [2.75, 3.05) is 0 Å². The summed E-state index contributed by atoms with van der Waals surface area (Å²) in [6, 6.07) is 0. The quantitative estimate of drug-likeness (QED) is 0.384. The molecule has 0 aliphatic heterocycles. The number of allylic oxidation sites excluding steroid dienone is 3. The topological polar surface area (TPSA) is 12.4 Å². The molecule has 1 nitrogen and oxygen atoms in total. The molecule has 0 saturated heterocycles. The molecule has 0 fully saturated rings. The summed E-state index contributed by atoms with van der Waals surface area (Å²) in [4.78, 5) is 3.52. The first-order valence-corrected chi connectivity index (χ1v) is 2.21. The summed E-state index contributed by atoms with van der Waals surface area (Å²) >= 11 is 0. The summed E-state index contributed by atoms with van der Waals surface area (Å²) in [5.74, 6) is 0. The Hall–Kier alpha value is -0.920. The summed E-state index contributed by atoms with van der Waals surface area (Å²) in [5, 5.41) is 0. The van der Waals surface area contributed by atoms with Gasteiger partial charge in [0.05, 0.1) is 6.33 Å². The van der Waals surface area contributed by atoms with E-state index in [2.05, 4.69) is 11.7 Å². The maximum Gasteiger partial charge on any atom is 0.0867 e. The number of hydrogen-bond acceptors (Lipinski definition) is 1. The lowest BCUT2D eigenvalue weighted by Gasteiger charge is -1.80. The fraction of sp³-hybridized carbons (Fsp3) is 0.167. The number of nitrogens with zero attached hydrogens (tertiary/aromatic N) is 1. The van der Waals surface area contributed by atoms with E-state index in [0.29, 0.717) is 12.0 Å². The van der Waals surface area contributed by atoms with Gasteiger partial charge in [0.1, 0.15) is 0 Å². The molecule has 0 N–H and O–H groups in total. The van der Waals surface area contributed by atoms with Crippen LogP contribution in [0.2, 0.25) is 0 Å². The number of aliphatic imine (C=N–C) groups is 1. The molecule has 0 radical (unpaired) electrons. The smallest absolute Gasteiger partial charge is 0.0867 e. The normalized spacial score (nSPS) is 12.5. The van der Waals surface area contributed by atoms with Crippen molar-refractivity contribution < 1.29 is 4.39 Å². The molecule has 0 amide bonds. The minimum Gasteiger partial charge on any atom is -0.269 e. The van der Waals surface area contributed by atoms with Crippen LogP contribution in [0.4, 0.5) is 4.39 Å². The van der Waals surface area contributed by atoms with Crippen LogP contribution in [0.25, 0.3) is 0 Å². The molecule has 44 valence electrons. The van der Waals surface area contributed by atoms with Gasteiger partial charge >= 0.3 is 0 Å². The minimum atomic E-state index is 0.453. The Morgan fingerprint density at radius 3 is 2.75 bits per heavy atom. The molecule has 0 spiro atoms. The maximum atomic E-state index is 11.2. The second-order valence-corrected chi connectivity index (χ2v) is 1.28. The first kappa shape index (κ1) is 7.08. The molecule has 0 aliphatic rings. The van der Waals surface area contributed by atoms with Crippen molar-refractivity contribution in [2.24, 2.45) is 4.99 Å². The van der Waals surface area contributed by atoms with E-state index >= 15 is 0 Å². The van der Waals surface area contributed by atoms with Crippen molar-refractivity contribution >= 4 is 6.72 Å². The number of hydrogen-bond donors (Lipinski definition) is 0. The molecule has 0 unspecified atom stereocenters. The van der Waals surface area contributed by atoms with Crippen molar-refractivity contribution in [1.29, 1.82) is 0 Å². The third-order valence-electron chi connectivity index (χ3n) is 0.660.